The second-order valence-corrected chi connectivity index (χ2v) is 9.14. The zero-order valence-electron chi connectivity index (χ0n) is 19.7. The number of hydrogen-bond donors (Lipinski definition) is 0. The zero-order chi connectivity index (χ0) is 23.7. The van der Waals surface area contributed by atoms with Gasteiger partial charge in [-0.3, -0.25) is 4.79 Å². The number of carbonyl (C=O) groups excluding carboxylic acids is 2. The van der Waals surface area contributed by atoms with Crippen molar-refractivity contribution in [3.63, 3.8) is 0 Å². The highest BCUT2D eigenvalue weighted by Crippen LogP contribution is 2.38. The van der Waals surface area contributed by atoms with Crippen LogP contribution in [0.2, 0.25) is 0 Å². The van der Waals surface area contributed by atoms with Crippen LogP contribution < -0.4 is 0 Å². The lowest BCUT2D eigenvalue weighted by molar-refractivity contribution is 0.0603. The van der Waals surface area contributed by atoms with Crippen molar-refractivity contribution in [2.75, 3.05) is 7.11 Å². The van der Waals surface area contributed by atoms with E-state index in [1.165, 1.54) is 23.8 Å². The summed E-state index contributed by atoms with van der Waals surface area (Å²) in [5.74, 6) is 0.0513. The largest absolute Gasteiger partial charge is 0.465 e. The molecular weight excluding hydrogens is 422 g/mol. The van der Waals surface area contributed by atoms with Gasteiger partial charge in [-0.25, -0.2) is 4.79 Å². The van der Waals surface area contributed by atoms with Crippen molar-refractivity contribution in [1.82, 2.24) is 4.57 Å². The fraction of sp³-hybridized carbons (Fsp3) is 0.267. The number of nitrogens with zero attached hydrogens (tertiary/aromatic N) is 1. The third kappa shape index (κ3) is 3.94. The number of Topliss-reactive ketones (excluding diaryl/α,β-unsaturated/α-hetero) is 1. The van der Waals surface area contributed by atoms with Crippen LogP contribution >= 0.6 is 0 Å². The van der Waals surface area contributed by atoms with Gasteiger partial charge in [0.25, 0.3) is 0 Å². The van der Waals surface area contributed by atoms with Crippen LogP contribution in [0.15, 0.2) is 72.8 Å². The van der Waals surface area contributed by atoms with Crippen molar-refractivity contribution in [3.05, 3.63) is 106 Å². The third-order valence-electron chi connectivity index (χ3n) is 7.10. The van der Waals surface area contributed by atoms with Crippen LogP contribution in [-0.4, -0.2) is 23.4 Å². The van der Waals surface area contributed by atoms with Gasteiger partial charge in [0.05, 0.1) is 18.2 Å². The molecule has 5 rings (SSSR count). The highest BCUT2D eigenvalue weighted by molar-refractivity contribution is 6.16. The van der Waals surface area contributed by atoms with Gasteiger partial charge in [-0.15, -0.1) is 0 Å². The lowest BCUT2D eigenvalue weighted by atomic mass is 9.83. The summed E-state index contributed by atoms with van der Waals surface area (Å²) in [6, 6.07) is 24.6. The summed E-state index contributed by atoms with van der Waals surface area (Å²) < 4.78 is 7.33. The van der Waals surface area contributed by atoms with Crippen LogP contribution in [0.3, 0.4) is 0 Å². The van der Waals surface area contributed by atoms with Gasteiger partial charge in [0.15, 0.2) is 5.78 Å². The maximum Gasteiger partial charge on any atom is 0.338 e. The van der Waals surface area contributed by atoms with Crippen molar-refractivity contribution in [2.45, 2.75) is 39.2 Å². The molecule has 1 atom stereocenters. The van der Waals surface area contributed by atoms with E-state index in [0.717, 1.165) is 35.9 Å². The molecule has 1 aromatic heterocycles. The first-order valence-electron chi connectivity index (χ1n) is 12.0. The Balaban J connectivity index is 1.67. The fourth-order valence-electron chi connectivity index (χ4n) is 5.29. The number of methoxy groups -OCH3 is 1. The van der Waals surface area contributed by atoms with Gasteiger partial charge in [0.2, 0.25) is 0 Å². The molecule has 172 valence electrons. The minimum absolute atomic E-state index is 0.130. The molecule has 0 saturated heterocycles. The van der Waals surface area contributed by atoms with Crippen molar-refractivity contribution in [2.24, 2.45) is 5.92 Å². The number of rotatable bonds is 6. The number of benzene rings is 3. The Kier molecular flexibility index (Phi) is 6.06. The quantitative estimate of drug-likeness (QED) is 0.327. The molecule has 0 bridgehead atoms. The molecule has 3 aromatic carbocycles. The van der Waals surface area contributed by atoms with Gasteiger partial charge in [0, 0.05) is 29.6 Å². The molecule has 4 nitrogen and oxygen atoms in total. The summed E-state index contributed by atoms with van der Waals surface area (Å²) in [5.41, 5.74) is 6.90. The topological polar surface area (TPSA) is 48.3 Å². The van der Waals surface area contributed by atoms with Crippen LogP contribution in [-0.2, 0) is 24.1 Å². The monoisotopic (exact) mass is 451 g/mol. The molecule has 1 aliphatic rings. The summed E-state index contributed by atoms with van der Waals surface area (Å²) >= 11 is 0. The summed E-state index contributed by atoms with van der Waals surface area (Å²) in [4.78, 5) is 26.0. The van der Waals surface area contributed by atoms with E-state index >= 15 is 0 Å². The first kappa shape index (κ1) is 22.1. The smallest absolute Gasteiger partial charge is 0.338 e. The third-order valence-corrected chi connectivity index (χ3v) is 7.10. The van der Waals surface area contributed by atoms with Crippen LogP contribution in [0.4, 0.5) is 0 Å². The molecule has 0 fully saturated rings. The Labute approximate surface area is 200 Å². The molecule has 0 amide bonds. The predicted molar refractivity (Wildman–Crippen MR) is 135 cm³/mol. The molecule has 0 aliphatic heterocycles. The molecule has 34 heavy (non-hydrogen) atoms. The second-order valence-electron chi connectivity index (χ2n) is 9.14. The zero-order valence-corrected chi connectivity index (χ0v) is 19.7. The van der Waals surface area contributed by atoms with E-state index in [2.05, 4.69) is 60.0 Å². The van der Waals surface area contributed by atoms with E-state index in [1.807, 2.05) is 18.2 Å². The minimum Gasteiger partial charge on any atom is -0.465 e. The maximum atomic E-state index is 13.3. The van der Waals surface area contributed by atoms with Gasteiger partial charge >= 0.3 is 5.97 Å². The number of hydrogen-bond acceptors (Lipinski definition) is 3. The number of carbonyl (C=O) groups is 2. The molecule has 0 saturated carbocycles. The summed E-state index contributed by atoms with van der Waals surface area (Å²) in [7, 11) is 1.39. The highest BCUT2D eigenvalue weighted by Gasteiger charge is 2.32. The number of fused-ring (bicyclic) bond motifs is 3. The Morgan fingerprint density at radius 2 is 1.68 bits per heavy atom. The standard InChI is InChI=1S/C30H29NO3/c1-3-20-17-26-29(27(32)18-20)28-24(30(33)34-2)14-9-15-25(28)31(26)19-23-13-8-7-12-22(23)16-21-10-5-4-6-11-21/h4-15,20H,3,16-19H2,1-2H3. The normalized spacial score (nSPS) is 15.4. The molecule has 1 unspecified atom stereocenters. The van der Waals surface area contributed by atoms with Crippen LogP contribution in [0.25, 0.3) is 10.9 Å². The number of aromatic nitrogens is 1. The average Bonchev–Trinajstić information content (AvgIpc) is 3.19. The van der Waals surface area contributed by atoms with Crippen molar-refractivity contribution >= 4 is 22.7 Å². The Bertz CT molecular complexity index is 1370. The summed E-state index contributed by atoms with van der Waals surface area (Å²) in [5, 5.41) is 0.740. The van der Waals surface area contributed by atoms with Gasteiger partial charge in [0.1, 0.15) is 0 Å². The van der Waals surface area contributed by atoms with E-state index in [4.69, 9.17) is 4.74 Å². The lowest BCUT2D eigenvalue weighted by Crippen LogP contribution is -2.22. The Morgan fingerprint density at radius 1 is 0.941 bits per heavy atom. The van der Waals surface area contributed by atoms with E-state index < -0.39 is 5.97 Å². The summed E-state index contributed by atoms with van der Waals surface area (Å²) in [6.07, 6.45) is 3.18. The maximum absolute atomic E-state index is 13.3. The molecule has 4 aromatic rings. The molecular formula is C30H29NO3. The first-order chi connectivity index (χ1) is 16.6. The number of esters is 1. The molecule has 1 aliphatic carbocycles. The molecule has 0 radical (unpaired) electrons. The average molecular weight is 452 g/mol. The minimum atomic E-state index is -0.402. The van der Waals surface area contributed by atoms with Crippen molar-refractivity contribution in [1.29, 1.82) is 0 Å². The van der Waals surface area contributed by atoms with E-state index in [0.29, 0.717) is 30.0 Å². The SMILES string of the molecule is CCC1CC(=O)c2c(n(Cc3ccccc3Cc3ccccc3)c3cccc(C(=O)OC)c23)C1. The van der Waals surface area contributed by atoms with Gasteiger partial charge in [-0.05, 0) is 47.6 Å². The fourth-order valence-corrected chi connectivity index (χ4v) is 5.29. The Hall–Kier alpha value is -3.66. The number of ether oxygens (including phenoxy) is 1. The molecule has 0 spiro atoms. The molecule has 0 N–H and O–H groups in total. The van der Waals surface area contributed by atoms with Crippen molar-refractivity contribution in [3.8, 4) is 0 Å². The van der Waals surface area contributed by atoms with Gasteiger partial charge < -0.3 is 9.30 Å². The van der Waals surface area contributed by atoms with Gasteiger partial charge in [-0.2, -0.15) is 0 Å². The number of ketones is 1. The van der Waals surface area contributed by atoms with Gasteiger partial charge in [-0.1, -0.05) is 74.0 Å². The van der Waals surface area contributed by atoms with E-state index in [1.54, 1.807) is 6.07 Å². The molecule has 4 heteroatoms. The van der Waals surface area contributed by atoms with Crippen LogP contribution in [0.1, 0.15) is 62.9 Å². The first-order valence-corrected chi connectivity index (χ1v) is 12.0. The van der Waals surface area contributed by atoms with Crippen LogP contribution in [0, 0.1) is 5.92 Å². The Morgan fingerprint density at radius 3 is 2.41 bits per heavy atom. The second kappa shape index (κ2) is 9.30. The highest BCUT2D eigenvalue weighted by atomic mass is 16.5. The lowest BCUT2D eigenvalue weighted by Gasteiger charge is -2.23. The molecule has 1 heterocycles. The van der Waals surface area contributed by atoms with E-state index in [-0.39, 0.29) is 5.78 Å². The summed E-state index contributed by atoms with van der Waals surface area (Å²) in [6.45, 7) is 2.80. The van der Waals surface area contributed by atoms with Crippen LogP contribution in [0.5, 0.6) is 0 Å². The van der Waals surface area contributed by atoms with E-state index in [9.17, 15) is 9.59 Å². The van der Waals surface area contributed by atoms with Crippen molar-refractivity contribution < 1.29 is 14.3 Å². The predicted octanol–water partition coefficient (Wildman–Crippen LogP) is 6.22.